The fourth-order valence-electron chi connectivity index (χ4n) is 1.85. The van der Waals surface area contributed by atoms with Gasteiger partial charge in [0.2, 0.25) is 0 Å². The lowest BCUT2D eigenvalue weighted by Crippen LogP contribution is -2.26. The lowest BCUT2D eigenvalue weighted by Gasteiger charge is -2.12. The summed E-state index contributed by atoms with van der Waals surface area (Å²) < 4.78 is 13.9. The van der Waals surface area contributed by atoms with E-state index in [1.54, 1.807) is 12.3 Å². The van der Waals surface area contributed by atoms with E-state index in [0.29, 0.717) is 17.3 Å². The average molecular weight is 309 g/mol. The minimum absolute atomic E-state index is 0.0713. The van der Waals surface area contributed by atoms with Gasteiger partial charge < -0.3 is 5.73 Å². The van der Waals surface area contributed by atoms with E-state index in [1.165, 1.54) is 6.07 Å². The van der Waals surface area contributed by atoms with Crippen LogP contribution in [0.15, 0.2) is 47.1 Å². The van der Waals surface area contributed by atoms with Crippen molar-refractivity contribution < 1.29 is 4.39 Å². The van der Waals surface area contributed by atoms with Gasteiger partial charge in [0.15, 0.2) is 0 Å². The van der Waals surface area contributed by atoms with Gasteiger partial charge in [0.1, 0.15) is 5.82 Å². The molecule has 0 aliphatic heterocycles. The smallest absolute Gasteiger partial charge is 0.137 e. The summed E-state index contributed by atoms with van der Waals surface area (Å²) in [6.45, 7) is 0. The van der Waals surface area contributed by atoms with Crippen molar-refractivity contribution in [2.75, 3.05) is 0 Å². The number of aromatic nitrogens is 1. The van der Waals surface area contributed by atoms with Crippen LogP contribution in [0.4, 0.5) is 4.39 Å². The summed E-state index contributed by atoms with van der Waals surface area (Å²) in [5.74, 6) is -0.252. The molecule has 0 bridgehead atoms. The van der Waals surface area contributed by atoms with Crippen molar-refractivity contribution in [3.63, 3.8) is 0 Å². The first-order valence-corrected chi connectivity index (χ1v) is 6.54. The Morgan fingerprint density at radius 2 is 2.00 bits per heavy atom. The highest BCUT2D eigenvalue weighted by Gasteiger charge is 2.10. The first-order chi connectivity index (χ1) is 8.66. The molecule has 0 spiro atoms. The summed E-state index contributed by atoms with van der Waals surface area (Å²) in [4.78, 5) is 4.23. The third kappa shape index (κ3) is 3.37. The quantitative estimate of drug-likeness (QED) is 0.942. The van der Waals surface area contributed by atoms with Crippen LogP contribution in [0.25, 0.3) is 0 Å². The van der Waals surface area contributed by atoms with Crippen molar-refractivity contribution in [1.82, 2.24) is 4.98 Å². The summed E-state index contributed by atoms with van der Waals surface area (Å²) in [6, 6.07) is 10.7. The Hall–Kier alpha value is -1.26. The molecule has 2 N–H and O–H groups in total. The minimum atomic E-state index is -0.252. The summed E-state index contributed by atoms with van der Waals surface area (Å²) in [7, 11) is 0. The lowest BCUT2D eigenvalue weighted by molar-refractivity contribution is 0.609. The molecule has 2 rings (SSSR count). The van der Waals surface area contributed by atoms with E-state index < -0.39 is 0 Å². The van der Waals surface area contributed by atoms with Gasteiger partial charge in [0, 0.05) is 24.4 Å². The molecule has 2 aromatic rings. The first-order valence-electron chi connectivity index (χ1n) is 5.75. The van der Waals surface area contributed by atoms with Gasteiger partial charge in [-0.1, -0.05) is 18.2 Å². The lowest BCUT2D eigenvalue weighted by atomic mass is 10.0. The largest absolute Gasteiger partial charge is 0.327 e. The van der Waals surface area contributed by atoms with Crippen molar-refractivity contribution in [1.29, 1.82) is 0 Å². The van der Waals surface area contributed by atoms with Gasteiger partial charge >= 0.3 is 0 Å². The topological polar surface area (TPSA) is 38.9 Å². The third-order valence-corrected chi connectivity index (χ3v) is 3.60. The second-order valence-corrected chi connectivity index (χ2v) is 5.00. The SMILES string of the molecule is NC(Cc1ccccn1)Cc1cccc(F)c1Br. The zero-order chi connectivity index (χ0) is 13.0. The summed E-state index contributed by atoms with van der Waals surface area (Å²) in [5, 5.41) is 0. The Morgan fingerprint density at radius 1 is 1.17 bits per heavy atom. The molecule has 0 saturated carbocycles. The van der Waals surface area contributed by atoms with E-state index >= 15 is 0 Å². The van der Waals surface area contributed by atoms with Crippen LogP contribution in [0.5, 0.6) is 0 Å². The highest BCUT2D eigenvalue weighted by molar-refractivity contribution is 9.10. The predicted octanol–water partition coefficient (Wildman–Crippen LogP) is 3.10. The number of benzene rings is 1. The van der Waals surface area contributed by atoms with Gasteiger partial charge in [-0.25, -0.2) is 4.39 Å². The highest BCUT2D eigenvalue weighted by atomic mass is 79.9. The summed E-state index contributed by atoms with van der Waals surface area (Å²) in [6.07, 6.45) is 3.05. The molecule has 0 radical (unpaired) electrons. The second kappa shape index (κ2) is 6.07. The van der Waals surface area contributed by atoms with E-state index in [1.807, 2.05) is 24.3 Å². The molecule has 2 nitrogen and oxygen atoms in total. The van der Waals surface area contributed by atoms with Crippen molar-refractivity contribution in [3.8, 4) is 0 Å². The Balaban J connectivity index is 2.03. The van der Waals surface area contributed by atoms with Crippen LogP contribution in [0, 0.1) is 5.82 Å². The molecule has 94 valence electrons. The maximum atomic E-state index is 13.4. The monoisotopic (exact) mass is 308 g/mol. The van der Waals surface area contributed by atoms with Crippen molar-refractivity contribution in [3.05, 3.63) is 64.1 Å². The van der Waals surface area contributed by atoms with Crippen LogP contribution in [0.1, 0.15) is 11.3 Å². The maximum absolute atomic E-state index is 13.4. The van der Waals surface area contributed by atoms with Crippen LogP contribution in [0.2, 0.25) is 0 Å². The van der Waals surface area contributed by atoms with Gasteiger partial charge in [-0.15, -0.1) is 0 Å². The predicted molar refractivity (Wildman–Crippen MR) is 73.7 cm³/mol. The molecule has 1 aromatic carbocycles. The number of nitrogens with zero attached hydrogens (tertiary/aromatic N) is 1. The normalized spacial score (nSPS) is 12.4. The van der Waals surface area contributed by atoms with Gasteiger partial charge in [-0.05, 0) is 46.1 Å². The molecule has 0 saturated heterocycles. The van der Waals surface area contributed by atoms with Crippen LogP contribution in [0.3, 0.4) is 0 Å². The van der Waals surface area contributed by atoms with Gasteiger partial charge in [-0.2, -0.15) is 0 Å². The fourth-order valence-corrected chi connectivity index (χ4v) is 2.27. The molecule has 0 aliphatic rings. The van der Waals surface area contributed by atoms with Crippen LogP contribution in [-0.2, 0) is 12.8 Å². The zero-order valence-electron chi connectivity index (χ0n) is 9.81. The molecule has 4 heteroatoms. The molecular weight excluding hydrogens is 295 g/mol. The Morgan fingerprint density at radius 3 is 2.72 bits per heavy atom. The molecule has 18 heavy (non-hydrogen) atoms. The number of rotatable bonds is 4. The van der Waals surface area contributed by atoms with Gasteiger partial charge in [-0.3, -0.25) is 4.98 Å². The maximum Gasteiger partial charge on any atom is 0.137 e. The van der Waals surface area contributed by atoms with Crippen molar-refractivity contribution in [2.24, 2.45) is 5.73 Å². The molecule has 1 heterocycles. The van der Waals surface area contributed by atoms with E-state index in [2.05, 4.69) is 20.9 Å². The molecule has 0 aliphatic carbocycles. The van der Waals surface area contributed by atoms with Crippen LogP contribution in [-0.4, -0.2) is 11.0 Å². The number of nitrogens with two attached hydrogens (primary N) is 1. The number of halogens is 2. The van der Waals surface area contributed by atoms with Crippen molar-refractivity contribution in [2.45, 2.75) is 18.9 Å². The van der Waals surface area contributed by atoms with E-state index in [-0.39, 0.29) is 11.9 Å². The van der Waals surface area contributed by atoms with Crippen LogP contribution < -0.4 is 5.73 Å². The van der Waals surface area contributed by atoms with Gasteiger partial charge in [0.05, 0.1) is 4.47 Å². The van der Waals surface area contributed by atoms with Crippen molar-refractivity contribution >= 4 is 15.9 Å². The summed E-state index contributed by atoms with van der Waals surface area (Å²) in [5.41, 5.74) is 7.92. The average Bonchev–Trinajstić information content (AvgIpc) is 2.36. The molecular formula is C14H14BrFN2. The zero-order valence-corrected chi connectivity index (χ0v) is 11.4. The third-order valence-electron chi connectivity index (χ3n) is 2.71. The number of hydrogen-bond donors (Lipinski definition) is 1. The Bertz CT molecular complexity index is 516. The standard InChI is InChI=1S/C14H14BrFN2/c15-14-10(4-3-6-13(14)16)8-11(17)9-12-5-1-2-7-18-12/h1-7,11H,8-9,17H2. The Kier molecular flexibility index (Phi) is 4.44. The number of pyridine rings is 1. The highest BCUT2D eigenvalue weighted by Crippen LogP contribution is 2.21. The molecule has 1 atom stereocenters. The minimum Gasteiger partial charge on any atom is -0.327 e. The Labute approximate surface area is 114 Å². The molecule has 1 aromatic heterocycles. The molecule has 0 fully saturated rings. The fraction of sp³-hybridized carbons (Fsp3) is 0.214. The van der Waals surface area contributed by atoms with E-state index in [0.717, 1.165) is 11.3 Å². The van der Waals surface area contributed by atoms with E-state index in [4.69, 9.17) is 5.73 Å². The molecule has 1 unspecified atom stereocenters. The number of hydrogen-bond acceptors (Lipinski definition) is 2. The van der Waals surface area contributed by atoms with E-state index in [9.17, 15) is 4.39 Å². The van der Waals surface area contributed by atoms with Crippen LogP contribution >= 0.6 is 15.9 Å². The van der Waals surface area contributed by atoms with Gasteiger partial charge in [0.25, 0.3) is 0 Å². The summed E-state index contributed by atoms with van der Waals surface area (Å²) >= 11 is 3.25. The first kappa shape index (κ1) is 13.2. The molecule has 0 amide bonds. The second-order valence-electron chi connectivity index (χ2n) is 4.20.